The van der Waals surface area contributed by atoms with Crippen LogP contribution in [0.1, 0.15) is 0 Å². The Labute approximate surface area is 125 Å². The topological polar surface area (TPSA) is 88.4 Å². The fraction of sp³-hybridized carbons (Fsp3) is 0.429. The van der Waals surface area contributed by atoms with Gasteiger partial charge in [-0.15, -0.1) is 0 Å². The highest BCUT2D eigenvalue weighted by atomic mass is 19.1. The first-order valence-corrected chi connectivity index (χ1v) is 7.00. The molecular weight excluding hydrogens is 293 g/mol. The van der Waals surface area contributed by atoms with E-state index in [0.29, 0.717) is 24.5 Å². The number of fused-ring (bicyclic) bond motifs is 1. The summed E-state index contributed by atoms with van der Waals surface area (Å²) in [6, 6.07) is 4.53. The number of primary amides is 1. The highest BCUT2D eigenvalue weighted by Gasteiger charge is 2.47. The van der Waals surface area contributed by atoms with E-state index >= 15 is 0 Å². The highest BCUT2D eigenvalue weighted by molar-refractivity contribution is 5.95. The van der Waals surface area contributed by atoms with Crippen LogP contribution < -0.4 is 15.5 Å². The molecule has 0 spiro atoms. The second kappa shape index (κ2) is 4.57. The standard InChI is InChI=1S/C14H14FN3O4/c15-8-3-7(18-6-12(13(16)19)22-14(18)20)1-2-9(8)17-4-10-11(5-17)21-10/h1-3,10-12H,4-6H2,(H2,16,19)/t10?,11?,12-/m0/s1. The van der Waals surface area contributed by atoms with Crippen molar-refractivity contribution in [2.24, 2.45) is 5.73 Å². The molecule has 2 unspecified atom stereocenters. The first-order chi connectivity index (χ1) is 10.5. The Kier molecular flexibility index (Phi) is 2.77. The maximum atomic E-state index is 14.3. The van der Waals surface area contributed by atoms with Crippen LogP contribution in [-0.2, 0) is 14.3 Å². The number of cyclic esters (lactones) is 1. The molecule has 4 rings (SSSR count). The zero-order valence-corrected chi connectivity index (χ0v) is 11.6. The van der Waals surface area contributed by atoms with Gasteiger partial charge in [-0.05, 0) is 18.2 Å². The number of morpholine rings is 1. The zero-order chi connectivity index (χ0) is 15.4. The third-order valence-electron chi connectivity index (χ3n) is 4.20. The molecule has 2 N–H and O–H groups in total. The molecule has 3 fully saturated rings. The van der Waals surface area contributed by atoms with E-state index in [1.807, 2.05) is 4.90 Å². The lowest BCUT2D eigenvalue weighted by Gasteiger charge is -2.21. The fourth-order valence-electron chi connectivity index (χ4n) is 2.95. The molecule has 3 atom stereocenters. The molecule has 1 aromatic carbocycles. The van der Waals surface area contributed by atoms with E-state index in [9.17, 15) is 14.0 Å². The van der Waals surface area contributed by atoms with Gasteiger partial charge in [0.2, 0.25) is 0 Å². The number of nitrogens with zero attached hydrogens (tertiary/aromatic N) is 2. The van der Waals surface area contributed by atoms with Crippen LogP contribution in [0, 0.1) is 5.82 Å². The number of rotatable bonds is 3. The van der Waals surface area contributed by atoms with Crippen LogP contribution in [0.3, 0.4) is 0 Å². The van der Waals surface area contributed by atoms with Gasteiger partial charge in [-0.3, -0.25) is 9.69 Å². The summed E-state index contributed by atoms with van der Waals surface area (Å²) >= 11 is 0. The molecule has 3 heterocycles. The number of carbonyl (C=O) groups excluding carboxylic acids is 2. The molecule has 3 aliphatic heterocycles. The first-order valence-electron chi connectivity index (χ1n) is 7.00. The smallest absolute Gasteiger partial charge is 0.415 e. The largest absolute Gasteiger partial charge is 0.434 e. The van der Waals surface area contributed by atoms with Crippen molar-refractivity contribution in [1.82, 2.24) is 0 Å². The number of ether oxygens (including phenoxy) is 2. The molecule has 0 radical (unpaired) electrons. The van der Waals surface area contributed by atoms with Gasteiger partial charge in [-0.1, -0.05) is 0 Å². The molecule has 0 bridgehead atoms. The lowest BCUT2D eigenvalue weighted by molar-refractivity contribution is -0.124. The van der Waals surface area contributed by atoms with Crippen LogP contribution in [0.15, 0.2) is 18.2 Å². The van der Waals surface area contributed by atoms with Crippen LogP contribution >= 0.6 is 0 Å². The van der Waals surface area contributed by atoms with Crippen molar-refractivity contribution < 1.29 is 23.5 Å². The molecule has 1 aromatic rings. The molecule has 22 heavy (non-hydrogen) atoms. The van der Waals surface area contributed by atoms with Crippen LogP contribution in [0.5, 0.6) is 0 Å². The fourth-order valence-corrected chi connectivity index (χ4v) is 2.95. The molecule has 3 saturated heterocycles. The van der Waals surface area contributed by atoms with Gasteiger partial charge in [0, 0.05) is 13.1 Å². The minimum absolute atomic E-state index is 0.00530. The second-order valence-electron chi connectivity index (χ2n) is 5.64. The Balaban J connectivity index is 1.55. The van der Waals surface area contributed by atoms with Gasteiger partial charge in [-0.2, -0.15) is 0 Å². The van der Waals surface area contributed by atoms with E-state index in [1.54, 1.807) is 12.1 Å². The van der Waals surface area contributed by atoms with E-state index in [-0.39, 0.29) is 18.8 Å². The summed E-state index contributed by atoms with van der Waals surface area (Å²) in [4.78, 5) is 25.9. The highest BCUT2D eigenvalue weighted by Crippen LogP contribution is 2.36. The van der Waals surface area contributed by atoms with Crippen molar-refractivity contribution in [3.63, 3.8) is 0 Å². The number of carbonyl (C=O) groups is 2. The normalized spacial score (nSPS) is 29.5. The van der Waals surface area contributed by atoms with Crippen LogP contribution in [0.25, 0.3) is 0 Å². The number of anilines is 2. The van der Waals surface area contributed by atoms with E-state index in [0.717, 1.165) is 0 Å². The maximum absolute atomic E-state index is 14.3. The predicted octanol–water partition coefficient (Wildman–Crippen LogP) is 0.224. The summed E-state index contributed by atoms with van der Waals surface area (Å²) in [5, 5.41) is 0. The van der Waals surface area contributed by atoms with Crippen molar-refractivity contribution in [1.29, 1.82) is 0 Å². The van der Waals surface area contributed by atoms with E-state index in [1.165, 1.54) is 11.0 Å². The number of hydrogen-bond donors (Lipinski definition) is 1. The molecule has 0 saturated carbocycles. The van der Waals surface area contributed by atoms with E-state index in [2.05, 4.69) is 0 Å². The Hall–Kier alpha value is -2.35. The maximum Gasteiger partial charge on any atom is 0.415 e. The Morgan fingerprint density at radius 2 is 2.00 bits per heavy atom. The minimum Gasteiger partial charge on any atom is -0.434 e. The summed E-state index contributed by atoms with van der Waals surface area (Å²) in [7, 11) is 0. The van der Waals surface area contributed by atoms with Gasteiger partial charge < -0.3 is 20.1 Å². The molecule has 8 heteroatoms. The number of nitrogens with two attached hydrogens (primary N) is 1. The molecule has 7 nitrogen and oxygen atoms in total. The van der Waals surface area contributed by atoms with Crippen molar-refractivity contribution in [2.45, 2.75) is 18.3 Å². The average Bonchev–Trinajstić information content (AvgIpc) is 2.91. The molecule has 0 aliphatic carbocycles. The van der Waals surface area contributed by atoms with Crippen LogP contribution in [-0.4, -0.2) is 49.9 Å². The SMILES string of the molecule is NC(=O)[C@@H]1CN(c2ccc(N3CC4OC4C3)c(F)c2)C(=O)O1. The average molecular weight is 307 g/mol. The van der Waals surface area contributed by atoms with Gasteiger partial charge in [0.15, 0.2) is 6.10 Å². The quantitative estimate of drug-likeness (QED) is 0.807. The first kappa shape index (κ1) is 13.3. The number of hydrogen-bond acceptors (Lipinski definition) is 5. The Bertz CT molecular complexity index is 657. The predicted molar refractivity (Wildman–Crippen MR) is 74.1 cm³/mol. The number of benzene rings is 1. The third kappa shape index (κ3) is 2.07. The van der Waals surface area contributed by atoms with Gasteiger partial charge >= 0.3 is 6.09 Å². The van der Waals surface area contributed by atoms with Gasteiger partial charge in [0.25, 0.3) is 5.91 Å². The van der Waals surface area contributed by atoms with E-state index in [4.69, 9.17) is 15.2 Å². The summed E-state index contributed by atoms with van der Waals surface area (Å²) in [6.07, 6.45) is -1.28. The summed E-state index contributed by atoms with van der Waals surface area (Å²) in [5.74, 6) is -1.14. The lowest BCUT2D eigenvalue weighted by Crippen LogP contribution is -2.32. The number of halogens is 1. The lowest BCUT2D eigenvalue weighted by atomic mass is 10.2. The molecular formula is C14H14FN3O4. The molecule has 3 aliphatic rings. The summed E-state index contributed by atoms with van der Waals surface area (Å²) < 4.78 is 24.5. The summed E-state index contributed by atoms with van der Waals surface area (Å²) in [6.45, 7) is 1.35. The Morgan fingerprint density at radius 1 is 1.27 bits per heavy atom. The molecule has 116 valence electrons. The second-order valence-corrected chi connectivity index (χ2v) is 5.64. The van der Waals surface area contributed by atoms with Gasteiger partial charge in [-0.25, -0.2) is 9.18 Å². The summed E-state index contributed by atoms with van der Waals surface area (Å²) in [5.41, 5.74) is 5.95. The van der Waals surface area contributed by atoms with Crippen molar-refractivity contribution in [3.8, 4) is 0 Å². The number of epoxide rings is 1. The Morgan fingerprint density at radius 3 is 2.59 bits per heavy atom. The van der Waals surface area contributed by atoms with Crippen LogP contribution in [0.4, 0.5) is 20.6 Å². The zero-order valence-electron chi connectivity index (χ0n) is 11.6. The van der Waals surface area contributed by atoms with Gasteiger partial charge in [0.05, 0.1) is 17.9 Å². The minimum atomic E-state index is -1.00. The van der Waals surface area contributed by atoms with Crippen molar-refractivity contribution >= 4 is 23.4 Å². The van der Waals surface area contributed by atoms with Crippen molar-refractivity contribution in [2.75, 3.05) is 29.4 Å². The van der Waals surface area contributed by atoms with E-state index < -0.39 is 23.9 Å². The van der Waals surface area contributed by atoms with Crippen LogP contribution in [0.2, 0.25) is 0 Å². The molecule has 0 aromatic heterocycles. The van der Waals surface area contributed by atoms with Gasteiger partial charge in [0.1, 0.15) is 18.0 Å². The number of amides is 2. The third-order valence-corrected chi connectivity index (χ3v) is 4.20. The van der Waals surface area contributed by atoms with Crippen molar-refractivity contribution in [3.05, 3.63) is 24.0 Å². The molecule has 2 amide bonds. The monoisotopic (exact) mass is 307 g/mol.